The Morgan fingerprint density at radius 3 is 2.36 bits per heavy atom. The number of hydrogen-bond acceptors (Lipinski definition) is 5. The fourth-order valence-electron chi connectivity index (χ4n) is 3.34. The third-order valence-electron chi connectivity index (χ3n) is 5.11. The molecule has 1 aromatic heterocycles. The maximum Gasteiger partial charge on any atom is 0.246 e. The Morgan fingerprint density at radius 1 is 1.06 bits per heavy atom. The lowest BCUT2D eigenvalue weighted by atomic mass is 10.2. The first-order chi connectivity index (χ1) is 15.9. The predicted octanol–water partition coefficient (Wildman–Crippen LogP) is 4.41. The Kier molecular flexibility index (Phi) is 7.95. The van der Waals surface area contributed by atoms with E-state index in [0.717, 1.165) is 5.56 Å². The highest BCUT2D eigenvalue weighted by Gasteiger charge is 2.18. The summed E-state index contributed by atoms with van der Waals surface area (Å²) in [7, 11) is 3.12. The van der Waals surface area contributed by atoms with Crippen molar-refractivity contribution in [3.63, 3.8) is 0 Å². The summed E-state index contributed by atoms with van der Waals surface area (Å²) in [6.07, 6.45) is 2.15. The zero-order chi connectivity index (χ0) is 24.0. The van der Waals surface area contributed by atoms with Crippen LogP contribution in [0.15, 0.2) is 48.7 Å². The summed E-state index contributed by atoms with van der Waals surface area (Å²) in [5.74, 6) is 1.02. The summed E-state index contributed by atoms with van der Waals surface area (Å²) in [6, 6.07) is 12.7. The van der Waals surface area contributed by atoms with Crippen molar-refractivity contribution in [1.82, 2.24) is 14.5 Å². The number of benzene rings is 2. The number of rotatable bonds is 9. The second-order valence-corrected chi connectivity index (χ2v) is 7.61. The average molecular weight is 471 g/mol. The van der Waals surface area contributed by atoms with Gasteiger partial charge in [0.05, 0.1) is 32.1 Å². The topological polar surface area (TPSA) is 85.7 Å². The molecule has 1 N–H and O–H groups in total. The summed E-state index contributed by atoms with van der Waals surface area (Å²) in [5.41, 5.74) is 2.20. The molecular weight excluding hydrogens is 444 g/mol. The molecule has 3 rings (SSSR count). The summed E-state index contributed by atoms with van der Waals surface area (Å²) < 4.78 is 12.5. The Labute approximate surface area is 198 Å². The molecule has 0 aliphatic heterocycles. The number of methoxy groups -OCH3 is 2. The van der Waals surface area contributed by atoms with Crippen molar-refractivity contribution in [3.8, 4) is 28.4 Å². The lowest BCUT2D eigenvalue weighted by Gasteiger charge is -2.19. The van der Waals surface area contributed by atoms with Crippen LogP contribution in [0.4, 0.5) is 5.95 Å². The van der Waals surface area contributed by atoms with Crippen molar-refractivity contribution in [1.29, 1.82) is 0 Å². The van der Waals surface area contributed by atoms with E-state index in [1.165, 1.54) is 4.90 Å². The number of anilines is 1. The molecule has 33 heavy (non-hydrogen) atoms. The zero-order valence-corrected chi connectivity index (χ0v) is 19.8. The van der Waals surface area contributed by atoms with Gasteiger partial charge in [-0.25, -0.2) is 4.98 Å². The Bertz CT molecular complexity index is 1130. The van der Waals surface area contributed by atoms with Gasteiger partial charge in [-0.3, -0.25) is 19.5 Å². The molecule has 0 bridgehead atoms. The molecule has 8 nitrogen and oxygen atoms in total. The zero-order valence-electron chi connectivity index (χ0n) is 19.1. The van der Waals surface area contributed by atoms with Crippen LogP contribution in [0.1, 0.15) is 20.3 Å². The van der Waals surface area contributed by atoms with Crippen molar-refractivity contribution in [2.75, 3.05) is 32.6 Å². The minimum atomic E-state index is -0.339. The third kappa shape index (κ3) is 5.64. The van der Waals surface area contributed by atoms with Crippen LogP contribution in [0.3, 0.4) is 0 Å². The van der Waals surface area contributed by atoms with E-state index in [-0.39, 0.29) is 18.4 Å². The van der Waals surface area contributed by atoms with Crippen LogP contribution in [0.5, 0.6) is 11.5 Å². The van der Waals surface area contributed by atoms with Crippen molar-refractivity contribution in [2.45, 2.75) is 20.3 Å². The molecule has 0 saturated heterocycles. The number of ether oxygens (including phenoxy) is 2. The van der Waals surface area contributed by atoms with Gasteiger partial charge in [-0.15, -0.1) is 0 Å². The molecule has 2 aromatic carbocycles. The minimum Gasteiger partial charge on any atom is -0.493 e. The highest BCUT2D eigenvalue weighted by Crippen LogP contribution is 2.32. The van der Waals surface area contributed by atoms with Gasteiger partial charge in [0.1, 0.15) is 0 Å². The van der Waals surface area contributed by atoms with E-state index < -0.39 is 0 Å². The highest BCUT2D eigenvalue weighted by atomic mass is 35.5. The second-order valence-electron chi connectivity index (χ2n) is 7.18. The Hall–Kier alpha value is -3.52. The molecular formula is C24H27ClN4O4. The molecule has 0 radical (unpaired) electrons. The van der Waals surface area contributed by atoms with Crippen LogP contribution < -0.4 is 14.8 Å². The number of carbonyl (C=O) groups is 2. The molecule has 9 heteroatoms. The van der Waals surface area contributed by atoms with Gasteiger partial charge in [0.2, 0.25) is 17.8 Å². The van der Waals surface area contributed by atoms with Gasteiger partial charge in [0.25, 0.3) is 0 Å². The van der Waals surface area contributed by atoms with Crippen molar-refractivity contribution in [2.24, 2.45) is 0 Å². The summed E-state index contributed by atoms with van der Waals surface area (Å²) in [5, 5.41) is 3.46. The normalized spacial score (nSPS) is 10.6. The van der Waals surface area contributed by atoms with Crippen LogP contribution in [-0.4, -0.2) is 53.6 Å². The second kappa shape index (κ2) is 10.9. The first kappa shape index (κ1) is 24.1. The predicted molar refractivity (Wildman–Crippen MR) is 128 cm³/mol. The number of imidazole rings is 1. The molecule has 0 fully saturated rings. The Balaban J connectivity index is 1.99. The summed E-state index contributed by atoms with van der Waals surface area (Å²) in [4.78, 5) is 31.0. The van der Waals surface area contributed by atoms with Gasteiger partial charge >= 0.3 is 0 Å². The third-order valence-corrected chi connectivity index (χ3v) is 5.37. The van der Waals surface area contributed by atoms with E-state index in [2.05, 4.69) is 10.3 Å². The maximum absolute atomic E-state index is 12.8. The molecule has 0 atom stereocenters. The SMILES string of the molecule is CCC(=O)N(CC)CC(=O)Nc1nc(-c2ccc(Cl)cc2)cn1-c1ccc(OC)c(OC)c1. The molecule has 0 unspecified atom stereocenters. The van der Waals surface area contributed by atoms with E-state index >= 15 is 0 Å². The number of amides is 2. The highest BCUT2D eigenvalue weighted by molar-refractivity contribution is 6.30. The molecule has 1 heterocycles. The van der Waals surface area contributed by atoms with Gasteiger partial charge in [-0.05, 0) is 31.2 Å². The first-order valence-electron chi connectivity index (χ1n) is 10.6. The smallest absolute Gasteiger partial charge is 0.246 e. The van der Waals surface area contributed by atoms with Crippen LogP contribution >= 0.6 is 11.6 Å². The van der Waals surface area contributed by atoms with Crippen molar-refractivity contribution >= 4 is 29.4 Å². The van der Waals surface area contributed by atoms with Crippen molar-refractivity contribution < 1.29 is 19.1 Å². The minimum absolute atomic E-state index is 0.0573. The quantitative estimate of drug-likeness (QED) is 0.500. The Morgan fingerprint density at radius 2 is 1.76 bits per heavy atom. The van der Waals surface area contributed by atoms with Gasteiger partial charge in [0.15, 0.2) is 11.5 Å². The number of nitrogens with zero attached hydrogens (tertiary/aromatic N) is 3. The maximum atomic E-state index is 12.8. The largest absolute Gasteiger partial charge is 0.493 e. The molecule has 0 spiro atoms. The number of likely N-dealkylation sites (N-methyl/N-ethyl adjacent to an activating group) is 1. The number of carbonyl (C=O) groups excluding carboxylic acids is 2. The van der Waals surface area contributed by atoms with E-state index in [1.807, 2.05) is 31.3 Å². The van der Waals surface area contributed by atoms with Crippen LogP contribution in [-0.2, 0) is 9.59 Å². The number of aromatic nitrogens is 2. The lowest BCUT2D eigenvalue weighted by molar-refractivity contribution is -0.134. The standard InChI is InChI=1S/C24H27ClN4O4/c1-5-23(31)28(6-2)15-22(30)27-24-26-19(16-7-9-17(25)10-8-16)14-29(24)18-11-12-20(32-3)21(13-18)33-4/h7-14H,5-6,15H2,1-4H3,(H,26,27,30). The van der Waals surface area contributed by atoms with Gasteiger partial charge in [-0.1, -0.05) is 30.7 Å². The molecule has 174 valence electrons. The lowest BCUT2D eigenvalue weighted by Crippen LogP contribution is -2.37. The number of halogens is 1. The monoisotopic (exact) mass is 470 g/mol. The number of hydrogen-bond donors (Lipinski definition) is 1. The van der Waals surface area contributed by atoms with Crippen LogP contribution in [0.25, 0.3) is 16.9 Å². The average Bonchev–Trinajstić information content (AvgIpc) is 3.25. The fourth-order valence-corrected chi connectivity index (χ4v) is 3.46. The van der Waals surface area contributed by atoms with Gasteiger partial charge < -0.3 is 14.4 Å². The van der Waals surface area contributed by atoms with Gasteiger partial charge in [-0.2, -0.15) is 0 Å². The molecule has 3 aromatic rings. The molecule has 0 aliphatic carbocycles. The molecule has 2 amide bonds. The van der Waals surface area contributed by atoms with Gasteiger partial charge in [0, 0.05) is 35.8 Å². The summed E-state index contributed by atoms with van der Waals surface area (Å²) in [6.45, 7) is 3.99. The van der Waals surface area contributed by atoms with E-state index in [9.17, 15) is 9.59 Å². The van der Waals surface area contributed by atoms with Crippen molar-refractivity contribution in [3.05, 3.63) is 53.7 Å². The number of nitrogens with one attached hydrogen (secondary N) is 1. The van der Waals surface area contributed by atoms with Crippen LogP contribution in [0, 0.1) is 0 Å². The van der Waals surface area contributed by atoms with E-state index in [4.69, 9.17) is 21.1 Å². The molecule has 0 aliphatic rings. The molecule has 0 saturated carbocycles. The van der Waals surface area contributed by atoms with E-state index in [1.54, 1.807) is 50.0 Å². The first-order valence-corrected chi connectivity index (χ1v) is 10.9. The summed E-state index contributed by atoms with van der Waals surface area (Å²) >= 11 is 6.02. The van der Waals surface area contributed by atoms with E-state index in [0.29, 0.717) is 46.8 Å². The fraction of sp³-hybridized carbons (Fsp3) is 0.292. The van der Waals surface area contributed by atoms with Crippen LogP contribution in [0.2, 0.25) is 5.02 Å².